The standard InChI is InChI=1S/C27H24N6OS/c1-17-18(2)32-33(19(17)3)26-15-14-25(30-31-26)28-22-10-12-23(13-11-22)29-27(34)21-8-6-20(7-9-21)24-5-4-16-35-24/h4-16H,1-3H3,(H,28,30)(H,29,34). The quantitative estimate of drug-likeness (QED) is 0.297. The van der Waals surface area contributed by atoms with E-state index in [2.05, 4.69) is 32.0 Å². The molecule has 35 heavy (non-hydrogen) atoms. The molecule has 0 saturated heterocycles. The molecule has 2 N–H and O–H groups in total. The molecular formula is C27H24N6OS. The van der Waals surface area contributed by atoms with Crippen LogP contribution in [0.2, 0.25) is 0 Å². The first-order chi connectivity index (χ1) is 17.0. The Balaban J connectivity index is 1.21. The highest BCUT2D eigenvalue weighted by atomic mass is 32.1. The van der Waals surface area contributed by atoms with Gasteiger partial charge in [-0.2, -0.15) is 5.10 Å². The van der Waals surface area contributed by atoms with Gasteiger partial charge in [-0.25, -0.2) is 4.68 Å². The summed E-state index contributed by atoms with van der Waals surface area (Å²) in [4.78, 5) is 13.8. The van der Waals surface area contributed by atoms with E-state index in [0.717, 1.165) is 28.2 Å². The number of aryl methyl sites for hydroxylation is 1. The van der Waals surface area contributed by atoms with E-state index >= 15 is 0 Å². The summed E-state index contributed by atoms with van der Waals surface area (Å²) in [5, 5.41) is 21.3. The topological polar surface area (TPSA) is 84.7 Å². The first-order valence-corrected chi connectivity index (χ1v) is 12.1. The lowest BCUT2D eigenvalue weighted by atomic mass is 10.1. The summed E-state index contributed by atoms with van der Waals surface area (Å²) in [5.41, 5.74) is 6.45. The monoisotopic (exact) mass is 480 g/mol. The number of hydrogen-bond donors (Lipinski definition) is 2. The van der Waals surface area contributed by atoms with Crippen LogP contribution >= 0.6 is 11.3 Å². The van der Waals surface area contributed by atoms with Crippen molar-refractivity contribution in [2.75, 3.05) is 10.6 Å². The first-order valence-electron chi connectivity index (χ1n) is 11.2. The van der Waals surface area contributed by atoms with Gasteiger partial charge in [0.15, 0.2) is 11.6 Å². The normalized spacial score (nSPS) is 10.8. The van der Waals surface area contributed by atoms with Gasteiger partial charge in [0.05, 0.1) is 5.69 Å². The third kappa shape index (κ3) is 4.83. The molecule has 0 aliphatic heterocycles. The predicted molar refractivity (Wildman–Crippen MR) is 141 cm³/mol. The van der Waals surface area contributed by atoms with E-state index in [-0.39, 0.29) is 5.91 Å². The number of aromatic nitrogens is 4. The molecule has 3 heterocycles. The Morgan fingerprint density at radius 3 is 2.20 bits per heavy atom. The lowest BCUT2D eigenvalue weighted by molar-refractivity contribution is 0.102. The minimum atomic E-state index is -0.149. The SMILES string of the molecule is Cc1nn(-c2ccc(Nc3ccc(NC(=O)c4ccc(-c5cccs5)cc4)cc3)nn2)c(C)c1C. The number of carbonyl (C=O) groups excluding carboxylic acids is 1. The summed E-state index contributed by atoms with van der Waals surface area (Å²) < 4.78 is 1.80. The molecule has 174 valence electrons. The van der Waals surface area contributed by atoms with Gasteiger partial charge in [0.25, 0.3) is 5.91 Å². The fourth-order valence-electron chi connectivity index (χ4n) is 3.67. The molecule has 0 bridgehead atoms. The smallest absolute Gasteiger partial charge is 0.255 e. The lowest BCUT2D eigenvalue weighted by Gasteiger charge is -2.09. The van der Waals surface area contributed by atoms with Gasteiger partial charge in [-0.05, 0) is 91.9 Å². The number of nitrogens with zero attached hydrogens (tertiary/aromatic N) is 4. The zero-order valence-electron chi connectivity index (χ0n) is 19.6. The minimum Gasteiger partial charge on any atom is -0.339 e. The summed E-state index contributed by atoms with van der Waals surface area (Å²) in [7, 11) is 0. The Bertz CT molecular complexity index is 1450. The van der Waals surface area contributed by atoms with Gasteiger partial charge in [0.1, 0.15) is 0 Å². The summed E-state index contributed by atoms with van der Waals surface area (Å²) >= 11 is 1.68. The zero-order valence-corrected chi connectivity index (χ0v) is 20.4. The van der Waals surface area contributed by atoms with E-state index in [4.69, 9.17) is 0 Å². The highest BCUT2D eigenvalue weighted by Gasteiger charge is 2.11. The number of hydrogen-bond acceptors (Lipinski definition) is 6. The number of anilines is 3. The fourth-order valence-corrected chi connectivity index (χ4v) is 4.40. The van der Waals surface area contributed by atoms with Crippen molar-refractivity contribution in [1.82, 2.24) is 20.0 Å². The van der Waals surface area contributed by atoms with Crippen LogP contribution in [0.3, 0.4) is 0 Å². The third-order valence-electron chi connectivity index (χ3n) is 5.89. The maximum atomic E-state index is 12.6. The van der Waals surface area contributed by atoms with E-state index in [0.29, 0.717) is 22.9 Å². The Morgan fingerprint density at radius 2 is 1.60 bits per heavy atom. The Kier molecular flexibility index (Phi) is 6.12. The molecule has 5 aromatic rings. The summed E-state index contributed by atoms with van der Waals surface area (Å²) in [5.74, 6) is 1.14. The Morgan fingerprint density at radius 1 is 0.857 bits per heavy atom. The molecule has 0 radical (unpaired) electrons. The van der Waals surface area contributed by atoms with Gasteiger partial charge >= 0.3 is 0 Å². The molecular weight excluding hydrogens is 456 g/mol. The molecule has 0 atom stereocenters. The molecule has 0 spiro atoms. The number of rotatable bonds is 6. The number of thiophene rings is 1. The predicted octanol–water partition coefficient (Wildman–Crippen LogP) is 6.31. The summed E-state index contributed by atoms with van der Waals surface area (Å²) in [6.07, 6.45) is 0. The van der Waals surface area contributed by atoms with E-state index < -0.39 is 0 Å². The second-order valence-corrected chi connectivity index (χ2v) is 9.14. The second-order valence-electron chi connectivity index (χ2n) is 8.20. The van der Waals surface area contributed by atoms with Crippen LogP contribution in [-0.4, -0.2) is 25.9 Å². The molecule has 2 aromatic carbocycles. The third-order valence-corrected chi connectivity index (χ3v) is 6.81. The molecule has 0 unspecified atom stereocenters. The molecule has 1 amide bonds. The van der Waals surface area contributed by atoms with Crippen molar-refractivity contribution in [2.45, 2.75) is 20.8 Å². The number of amides is 1. The van der Waals surface area contributed by atoms with Crippen LogP contribution in [0.15, 0.2) is 78.2 Å². The van der Waals surface area contributed by atoms with Crippen LogP contribution in [0.1, 0.15) is 27.3 Å². The van der Waals surface area contributed by atoms with Crippen LogP contribution in [0.5, 0.6) is 0 Å². The summed E-state index contributed by atoms with van der Waals surface area (Å²) in [6, 6.07) is 22.9. The maximum Gasteiger partial charge on any atom is 0.255 e. The van der Waals surface area contributed by atoms with Crippen molar-refractivity contribution in [3.05, 3.63) is 101 Å². The Labute approximate surface area is 207 Å². The molecule has 5 rings (SSSR count). The average Bonchev–Trinajstić information content (AvgIpc) is 3.51. The largest absolute Gasteiger partial charge is 0.339 e. The number of benzene rings is 2. The lowest BCUT2D eigenvalue weighted by Crippen LogP contribution is -2.11. The average molecular weight is 481 g/mol. The molecule has 0 aliphatic carbocycles. The molecule has 8 heteroatoms. The van der Waals surface area contributed by atoms with Crippen LogP contribution < -0.4 is 10.6 Å². The van der Waals surface area contributed by atoms with Gasteiger partial charge in [-0.15, -0.1) is 21.5 Å². The van der Waals surface area contributed by atoms with Gasteiger partial charge < -0.3 is 10.6 Å². The van der Waals surface area contributed by atoms with E-state index in [1.54, 1.807) is 16.0 Å². The number of carbonyl (C=O) groups is 1. The molecule has 7 nitrogen and oxygen atoms in total. The molecule has 3 aromatic heterocycles. The van der Waals surface area contributed by atoms with Crippen molar-refractivity contribution in [1.29, 1.82) is 0 Å². The zero-order chi connectivity index (χ0) is 24.4. The second kappa shape index (κ2) is 9.52. The van der Waals surface area contributed by atoms with Crippen molar-refractivity contribution in [2.24, 2.45) is 0 Å². The highest BCUT2D eigenvalue weighted by Crippen LogP contribution is 2.25. The van der Waals surface area contributed by atoms with Gasteiger partial charge in [-0.1, -0.05) is 18.2 Å². The van der Waals surface area contributed by atoms with Crippen molar-refractivity contribution >= 4 is 34.4 Å². The first kappa shape index (κ1) is 22.5. The fraction of sp³-hybridized carbons (Fsp3) is 0.111. The van der Waals surface area contributed by atoms with Crippen molar-refractivity contribution in [3.8, 4) is 16.3 Å². The van der Waals surface area contributed by atoms with E-state index in [1.807, 2.05) is 92.9 Å². The molecule has 0 fully saturated rings. The molecule has 0 saturated carbocycles. The van der Waals surface area contributed by atoms with Gasteiger partial charge in [0, 0.05) is 27.5 Å². The van der Waals surface area contributed by atoms with Gasteiger partial charge in [0.2, 0.25) is 0 Å². The Hall–Kier alpha value is -4.30. The van der Waals surface area contributed by atoms with Crippen LogP contribution in [0.25, 0.3) is 16.3 Å². The van der Waals surface area contributed by atoms with Crippen LogP contribution in [-0.2, 0) is 0 Å². The van der Waals surface area contributed by atoms with E-state index in [9.17, 15) is 4.79 Å². The van der Waals surface area contributed by atoms with Crippen molar-refractivity contribution in [3.63, 3.8) is 0 Å². The maximum absolute atomic E-state index is 12.6. The van der Waals surface area contributed by atoms with Crippen LogP contribution in [0.4, 0.5) is 17.2 Å². The van der Waals surface area contributed by atoms with Crippen molar-refractivity contribution < 1.29 is 4.79 Å². The molecule has 0 aliphatic rings. The van der Waals surface area contributed by atoms with Gasteiger partial charge in [-0.3, -0.25) is 4.79 Å². The number of nitrogens with one attached hydrogen (secondary N) is 2. The highest BCUT2D eigenvalue weighted by molar-refractivity contribution is 7.13. The summed E-state index contributed by atoms with van der Waals surface area (Å²) in [6.45, 7) is 6.05. The van der Waals surface area contributed by atoms with E-state index in [1.165, 1.54) is 4.88 Å². The minimum absolute atomic E-state index is 0.149. The van der Waals surface area contributed by atoms with Crippen LogP contribution in [0, 0.1) is 20.8 Å².